The maximum atomic E-state index is 12.5. The molecule has 1 aromatic carbocycles. The zero-order chi connectivity index (χ0) is 14.2. The lowest BCUT2D eigenvalue weighted by Gasteiger charge is -2.04. The molecule has 0 radical (unpaired) electrons. The molecule has 3 rings (SSSR count). The van der Waals surface area contributed by atoms with Crippen LogP contribution < -0.4 is 0 Å². The minimum atomic E-state index is -4.41. The van der Waals surface area contributed by atoms with Crippen LogP contribution in [0.25, 0.3) is 17.1 Å². The first-order valence-electron chi connectivity index (χ1n) is 5.75. The van der Waals surface area contributed by atoms with Gasteiger partial charge >= 0.3 is 6.18 Å². The number of nitrogens with zero attached hydrogens (tertiary/aromatic N) is 3. The van der Waals surface area contributed by atoms with Crippen LogP contribution in [0.1, 0.15) is 5.69 Å². The fourth-order valence-corrected chi connectivity index (χ4v) is 1.82. The fraction of sp³-hybridized carbons (Fsp3) is 0.0769. The molecule has 102 valence electrons. The van der Waals surface area contributed by atoms with Gasteiger partial charge in [-0.25, -0.2) is 9.97 Å². The summed E-state index contributed by atoms with van der Waals surface area (Å²) in [5, 5.41) is 0. The number of H-pyrrole nitrogens is 1. The van der Waals surface area contributed by atoms with Crippen molar-refractivity contribution in [1.29, 1.82) is 0 Å². The zero-order valence-corrected chi connectivity index (χ0v) is 10.1. The predicted molar refractivity (Wildman–Crippen MR) is 66.1 cm³/mol. The van der Waals surface area contributed by atoms with Crippen LogP contribution >= 0.6 is 0 Å². The lowest BCUT2D eigenvalue weighted by atomic mass is 10.2. The van der Waals surface area contributed by atoms with Crippen LogP contribution in [-0.4, -0.2) is 19.5 Å². The second kappa shape index (κ2) is 4.52. The molecule has 3 aromatic rings. The Morgan fingerprint density at radius 3 is 2.40 bits per heavy atom. The Kier molecular flexibility index (Phi) is 2.81. The van der Waals surface area contributed by atoms with Gasteiger partial charge in [0.2, 0.25) is 0 Å². The molecule has 0 saturated heterocycles. The summed E-state index contributed by atoms with van der Waals surface area (Å²) in [4.78, 5) is 9.95. The first kappa shape index (κ1) is 12.5. The molecule has 4 nitrogen and oxygen atoms in total. The van der Waals surface area contributed by atoms with E-state index < -0.39 is 11.9 Å². The fourth-order valence-electron chi connectivity index (χ4n) is 1.82. The predicted octanol–water partition coefficient (Wildman–Crippen LogP) is 3.28. The van der Waals surface area contributed by atoms with Crippen LogP contribution in [0, 0.1) is 0 Å². The monoisotopic (exact) mass is 278 g/mol. The third-order valence-corrected chi connectivity index (χ3v) is 2.82. The standard InChI is InChI=1S/C13H9F3N4/c14-13(15,16)11-7-18-12(19-11)9-1-3-10(4-2-9)20-6-5-17-8-20/h1-8H,(H,18,19). The summed E-state index contributed by atoms with van der Waals surface area (Å²) in [6.45, 7) is 0. The van der Waals surface area contributed by atoms with Gasteiger partial charge in [-0.2, -0.15) is 13.2 Å². The highest BCUT2D eigenvalue weighted by atomic mass is 19.4. The number of aromatic nitrogens is 4. The molecule has 0 unspecified atom stereocenters. The number of aromatic amines is 1. The minimum Gasteiger partial charge on any atom is -0.334 e. The third kappa shape index (κ3) is 2.29. The van der Waals surface area contributed by atoms with Crippen molar-refractivity contribution in [2.24, 2.45) is 0 Å². The first-order chi connectivity index (χ1) is 9.54. The van der Waals surface area contributed by atoms with Gasteiger partial charge in [0.25, 0.3) is 0 Å². The molecule has 0 spiro atoms. The van der Waals surface area contributed by atoms with Crippen LogP contribution in [0.4, 0.5) is 13.2 Å². The molecule has 0 bridgehead atoms. The highest BCUT2D eigenvalue weighted by Crippen LogP contribution is 2.29. The maximum Gasteiger partial charge on any atom is 0.432 e. The second-order valence-electron chi connectivity index (χ2n) is 4.16. The Balaban J connectivity index is 1.90. The molecule has 0 atom stereocenters. The summed E-state index contributed by atoms with van der Waals surface area (Å²) in [5.74, 6) is 0.189. The molecule has 2 aromatic heterocycles. The molecule has 7 heteroatoms. The molecule has 0 amide bonds. The number of imidazole rings is 2. The summed E-state index contributed by atoms with van der Waals surface area (Å²) >= 11 is 0. The summed E-state index contributed by atoms with van der Waals surface area (Å²) in [5.41, 5.74) is 0.601. The summed E-state index contributed by atoms with van der Waals surface area (Å²) in [6, 6.07) is 6.97. The van der Waals surface area contributed by atoms with E-state index in [-0.39, 0.29) is 5.82 Å². The number of rotatable bonds is 2. The lowest BCUT2D eigenvalue weighted by molar-refractivity contribution is -0.140. The van der Waals surface area contributed by atoms with Crippen LogP contribution in [0.5, 0.6) is 0 Å². The van der Waals surface area contributed by atoms with Gasteiger partial charge in [0.05, 0.1) is 12.5 Å². The Morgan fingerprint density at radius 2 is 1.85 bits per heavy atom. The SMILES string of the molecule is FC(F)(F)c1cnc(-c2ccc(-n3ccnc3)cc2)[nH]1. The van der Waals surface area contributed by atoms with Crippen LogP contribution in [-0.2, 0) is 6.18 Å². The Labute approximate surface area is 111 Å². The van der Waals surface area contributed by atoms with Crippen molar-refractivity contribution >= 4 is 0 Å². The van der Waals surface area contributed by atoms with Gasteiger partial charge in [0, 0.05) is 23.6 Å². The topological polar surface area (TPSA) is 46.5 Å². The highest BCUT2D eigenvalue weighted by Gasteiger charge is 2.33. The van der Waals surface area contributed by atoms with E-state index in [4.69, 9.17) is 0 Å². The molecule has 0 aliphatic heterocycles. The van der Waals surface area contributed by atoms with Crippen molar-refractivity contribution in [3.63, 3.8) is 0 Å². The van der Waals surface area contributed by atoms with Crippen molar-refractivity contribution in [3.8, 4) is 17.1 Å². The van der Waals surface area contributed by atoms with E-state index in [1.807, 2.05) is 0 Å². The van der Waals surface area contributed by atoms with Gasteiger partial charge in [-0.3, -0.25) is 0 Å². The van der Waals surface area contributed by atoms with E-state index >= 15 is 0 Å². The van der Waals surface area contributed by atoms with E-state index in [1.165, 1.54) is 0 Å². The zero-order valence-electron chi connectivity index (χ0n) is 10.1. The summed E-state index contributed by atoms with van der Waals surface area (Å²) < 4.78 is 39.3. The Bertz CT molecular complexity index is 696. The maximum absolute atomic E-state index is 12.5. The van der Waals surface area contributed by atoms with E-state index in [0.29, 0.717) is 5.56 Å². The van der Waals surface area contributed by atoms with Gasteiger partial charge in [0.1, 0.15) is 11.5 Å². The van der Waals surface area contributed by atoms with E-state index in [1.54, 1.807) is 47.6 Å². The Hall–Kier alpha value is -2.57. The van der Waals surface area contributed by atoms with Crippen molar-refractivity contribution in [2.45, 2.75) is 6.18 Å². The van der Waals surface area contributed by atoms with Crippen molar-refractivity contribution in [3.05, 3.63) is 54.9 Å². The number of alkyl halides is 3. The number of nitrogens with one attached hydrogen (secondary N) is 1. The summed E-state index contributed by atoms with van der Waals surface area (Å²) in [6.07, 6.45) is 1.45. The van der Waals surface area contributed by atoms with Crippen molar-refractivity contribution in [2.75, 3.05) is 0 Å². The number of halogens is 3. The summed E-state index contributed by atoms with van der Waals surface area (Å²) in [7, 11) is 0. The smallest absolute Gasteiger partial charge is 0.334 e. The molecule has 0 fully saturated rings. The molecular formula is C13H9F3N4. The van der Waals surface area contributed by atoms with Gasteiger partial charge in [0.15, 0.2) is 0 Å². The van der Waals surface area contributed by atoms with Crippen molar-refractivity contribution in [1.82, 2.24) is 19.5 Å². The Morgan fingerprint density at radius 1 is 1.10 bits per heavy atom. The van der Waals surface area contributed by atoms with Crippen LogP contribution in [0.2, 0.25) is 0 Å². The van der Waals surface area contributed by atoms with E-state index in [0.717, 1.165) is 11.9 Å². The van der Waals surface area contributed by atoms with Crippen molar-refractivity contribution < 1.29 is 13.2 Å². The van der Waals surface area contributed by atoms with Crippen LogP contribution in [0.3, 0.4) is 0 Å². The normalized spacial score (nSPS) is 11.8. The lowest BCUT2D eigenvalue weighted by Crippen LogP contribution is -2.04. The molecule has 0 aliphatic rings. The molecular weight excluding hydrogens is 269 g/mol. The van der Waals surface area contributed by atoms with E-state index in [2.05, 4.69) is 15.0 Å². The molecule has 1 N–H and O–H groups in total. The third-order valence-electron chi connectivity index (χ3n) is 2.82. The van der Waals surface area contributed by atoms with E-state index in [9.17, 15) is 13.2 Å². The van der Waals surface area contributed by atoms with Gasteiger partial charge in [-0.1, -0.05) is 0 Å². The number of hydrogen-bond acceptors (Lipinski definition) is 2. The van der Waals surface area contributed by atoms with Gasteiger partial charge < -0.3 is 9.55 Å². The molecule has 0 saturated carbocycles. The van der Waals surface area contributed by atoms with Gasteiger partial charge in [-0.15, -0.1) is 0 Å². The number of hydrogen-bond donors (Lipinski definition) is 1. The first-order valence-corrected chi connectivity index (χ1v) is 5.75. The highest BCUT2D eigenvalue weighted by molar-refractivity contribution is 5.57. The van der Waals surface area contributed by atoms with Crippen LogP contribution in [0.15, 0.2) is 49.2 Å². The molecule has 0 aliphatic carbocycles. The average Bonchev–Trinajstić information content (AvgIpc) is 3.10. The molecule has 20 heavy (non-hydrogen) atoms. The second-order valence-corrected chi connectivity index (χ2v) is 4.16. The largest absolute Gasteiger partial charge is 0.432 e. The minimum absolute atomic E-state index is 0.189. The van der Waals surface area contributed by atoms with Gasteiger partial charge in [-0.05, 0) is 24.3 Å². The molecule has 2 heterocycles. The number of benzene rings is 1. The quantitative estimate of drug-likeness (QED) is 0.782. The average molecular weight is 278 g/mol.